The first-order valence-corrected chi connectivity index (χ1v) is 4.24. The second-order valence-electron chi connectivity index (χ2n) is 2.44. The average molecular weight is 183 g/mol. The summed E-state index contributed by atoms with van der Waals surface area (Å²) in [6.45, 7) is 2.27. The Labute approximate surface area is 77.6 Å². The van der Waals surface area contributed by atoms with Gasteiger partial charge in [-0.05, 0) is 0 Å². The zero-order chi connectivity index (χ0) is 9.36. The van der Waals surface area contributed by atoms with Crippen molar-refractivity contribution in [2.75, 3.05) is 33.0 Å². The van der Waals surface area contributed by atoms with E-state index in [2.05, 4.69) is 16.8 Å². The van der Waals surface area contributed by atoms with Crippen LogP contribution >= 0.6 is 0 Å². The molecule has 0 aromatic rings. The number of hydrogen-bond donors (Lipinski definition) is 1. The van der Waals surface area contributed by atoms with Gasteiger partial charge in [-0.15, -0.1) is 0 Å². The maximum Gasteiger partial charge on any atom is 0.185 e. The number of nitrogens with zero attached hydrogens (tertiary/aromatic N) is 1. The SMILES string of the molecule is OCC#CCOCCC1=NCCO1. The van der Waals surface area contributed by atoms with Crippen LogP contribution in [-0.2, 0) is 9.47 Å². The van der Waals surface area contributed by atoms with Crippen molar-refractivity contribution in [2.45, 2.75) is 6.42 Å². The van der Waals surface area contributed by atoms with E-state index in [0.717, 1.165) is 12.4 Å². The van der Waals surface area contributed by atoms with Crippen molar-refractivity contribution < 1.29 is 14.6 Å². The first-order chi connectivity index (χ1) is 6.43. The van der Waals surface area contributed by atoms with Gasteiger partial charge in [0.25, 0.3) is 0 Å². The maximum atomic E-state index is 8.33. The van der Waals surface area contributed by atoms with Gasteiger partial charge in [-0.25, -0.2) is 0 Å². The molecule has 1 aliphatic heterocycles. The summed E-state index contributed by atoms with van der Waals surface area (Å²) in [7, 11) is 0. The topological polar surface area (TPSA) is 51.0 Å². The summed E-state index contributed by atoms with van der Waals surface area (Å²) < 4.78 is 10.3. The number of aliphatic imine (C=N–C) groups is 1. The predicted molar refractivity (Wildman–Crippen MR) is 48.6 cm³/mol. The highest BCUT2D eigenvalue weighted by molar-refractivity contribution is 5.77. The van der Waals surface area contributed by atoms with Gasteiger partial charge in [0, 0.05) is 6.42 Å². The molecule has 4 nitrogen and oxygen atoms in total. The smallest absolute Gasteiger partial charge is 0.185 e. The van der Waals surface area contributed by atoms with Crippen LogP contribution in [0.15, 0.2) is 4.99 Å². The van der Waals surface area contributed by atoms with Crippen LogP contribution in [0.5, 0.6) is 0 Å². The van der Waals surface area contributed by atoms with E-state index < -0.39 is 0 Å². The van der Waals surface area contributed by atoms with Gasteiger partial charge < -0.3 is 14.6 Å². The van der Waals surface area contributed by atoms with Crippen LogP contribution in [0.1, 0.15) is 6.42 Å². The molecule has 13 heavy (non-hydrogen) atoms. The van der Waals surface area contributed by atoms with Crippen LogP contribution in [0.25, 0.3) is 0 Å². The van der Waals surface area contributed by atoms with Crippen molar-refractivity contribution in [3.05, 3.63) is 0 Å². The van der Waals surface area contributed by atoms with Gasteiger partial charge in [0.2, 0.25) is 0 Å². The molecule has 0 spiro atoms. The molecule has 0 unspecified atom stereocenters. The molecule has 0 aromatic heterocycles. The molecule has 1 rings (SSSR count). The minimum atomic E-state index is -0.112. The van der Waals surface area contributed by atoms with E-state index in [1.807, 2.05) is 0 Å². The maximum absolute atomic E-state index is 8.33. The molecule has 0 bridgehead atoms. The van der Waals surface area contributed by atoms with Crippen LogP contribution in [0.2, 0.25) is 0 Å². The summed E-state index contributed by atoms with van der Waals surface area (Å²) in [5, 5.41) is 8.33. The Bertz CT molecular complexity index is 227. The second-order valence-corrected chi connectivity index (χ2v) is 2.44. The standard InChI is InChI=1S/C9H13NO3/c11-5-1-2-6-12-7-3-9-10-4-8-13-9/h11H,3-8H2. The minimum Gasteiger partial charge on any atom is -0.479 e. The molecule has 0 radical (unpaired) electrons. The highest BCUT2D eigenvalue weighted by Gasteiger charge is 2.05. The van der Waals surface area contributed by atoms with Crippen molar-refractivity contribution in [1.29, 1.82) is 0 Å². The molecule has 0 amide bonds. The summed E-state index contributed by atoms with van der Waals surface area (Å²) in [6, 6.07) is 0. The first kappa shape index (κ1) is 10.0. The Kier molecular flexibility index (Phi) is 4.99. The third-order valence-corrected chi connectivity index (χ3v) is 1.49. The third kappa shape index (κ3) is 4.51. The number of aliphatic hydroxyl groups excluding tert-OH is 1. The molecule has 1 aliphatic rings. The highest BCUT2D eigenvalue weighted by atomic mass is 16.5. The Morgan fingerprint density at radius 1 is 1.54 bits per heavy atom. The second kappa shape index (κ2) is 6.46. The molecule has 0 saturated heterocycles. The van der Waals surface area contributed by atoms with Gasteiger partial charge in [-0.3, -0.25) is 4.99 Å². The third-order valence-electron chi connectivity index (χ3n) is 1.49. The number of ether oxygens (including phenoxy) is 2. The summed E-state index contributed by atoms with van der Waals surface area (Å²) >= 11 is 0. The summed E-state index contributed by atoms with van der Waals surface area (Å²) in [4.78, 5) is 4.11. The molecule has 4 heteroatoms. The Morgan fingerprint density at radius 2 is 2.46 bits per heavy atom. The van der Waals surface area contributed by atoms with E-state index >= 15 is 0 Å². The monoisotopic (exact) mass is 183 g/mol. The zero-order valence-corrected chi connectivity index (χ0v) is 7.45. The molecule has 1 heterocycles. The van der Waals surface area contributed by atoms with Crippen molar-refractivity contribution in [1.82, 2.24) is 0 Å². The van der Waals surface area contributed by atoms with Gasteiger partial charge >= 0.3 is 0 Å². The van der Waals surface area contributed by atoms with Crippen LogP contribution in [-0.4, -0.2) is 44.0 Å². The Morgan fingerprint density at radius 3 is 3.15 bits per heavy atom. The van der Waals surface area contributed by atoms with Crippen molar-refractivity contribution in [3.8, 4) is 11.8 Å². The fourth-order valence-electron chi connectivity index (χ4n) is 0.920. The van der Waals surface area contributed by atoms with Gasteiger partial charge in [0.05, 0.1) is 13.2 Å². The van der Waals surface area contributed by atoms with Crippen LogP contribution in [0, 0.1) is 11.8 Å². The molecular formula is C9H13NO3. The van der Waals surface area contributed by atoms with Crippen molar-refractivity contribution in [2.24, 2.45) is 4.99 Å². The summed E-state index contributed by atoms with van der Waals surface area (Å²) in [5.41, 5.74) is 0. The minimum absolute atomic E-state index is 0.112. The number of hydrogen-bond acceptors (Lipinski definition) is 4. The van der Waals surface area contributed by atoms with E-state index in [9.17, 15) is 0 Å². The Hall–Kier alpha value is -1.05. The molecule has 72 valence electrons. The lowest BCUT2D eigenvalue weighted by Gasteiger charge is -2.00. The van der Waals surface area contributed by atoms with Crippen LogP contribution in [0.3, 0.4) is 0 Å². The lowest BCUT2D eigenvalue weighted by Crippen LogP contribution is -2.04. The lowest BCUT2D eigenvalue weighted by molar-refractivity contribution is 0.169. The quantitative estimate of drug-likeness (QED) is 0.486. The molecule has 0 atom stereocenters. The molecule has 0 fully saturated rings. The van der Waals surface area contributed by atoms with Gasteiger partial charge in [0.15, 0.2) is 5.90 Å². The van der Waals surface area contributed by atoms with E-state index in [1.165, 1.54) is 0 Å². The first-order valence-electron chi connectivity index (χ1n) is 4.24. The van der Waals surface area contributed by atoms with Crippen LogP contribution < -0.4 is 0 Å². The predicted octanol–water partition coefficient (Wildman–Crippen LogP) is -0.183. The average Bonchev–Trinajstić information content (AvgIpc) is 2.63. The van der Waals surface area contributed by atoms with Gasteiger partial charge in [-0.2, -0.15) is 0 Å². The van der Waals surface area contributed by atoms with E-state index in [-0.39, 0.29) is 6.61 Å². The fourth-order valence-corrected chi connectivity index (χ4v) is 0.920. The van der Waals surface area contributed by atoms with Crippen molar-refractivity contribution in [3.63, 3.8) is 0 Å². The largest absolute Gasteiger partial charge is 0.479 e. The van der Waals surface area contributed by atoms with Crippen molar-refractivity contribution >= 4 is 5.90 Å². The van der Waals surface area contributed by atoms with E-state index in [4.69, 9.17) is 14.6 Å². The molecule has 0 aromatic carbocycles. The lowest BCUT2D eigenvalue weighted by atomic mass is 10.4. The number of rotatable bonds is 4. The molecule has 0 saturated carbocycles. The van der Waals surface area contributed by atoms with Crippen LogP contribution in [0.4, 0.5) is 0 Å². The molecular weight excluding hydrogens is 170 g/mol. The van der Waals surface area contributed by atoms with E-state index in [1.54, 1.807) is 0 Å². The zero-order valence-electron chi connectivity index (χ0n) is 7.45. The summed E-state index contributed by atoms with van der Waals surface area (Å²) in [5.74, 6) is 5.93. The molecule has 0 aliphatic carbocycles. The van der Waals surface area contributed by atoms with Gasteiger partial charge in [-0.1, -0.05) is 11.8 Å². The fraction of sp³-hybridized carbons (Fsp3) is 0.667. The molecule has 1 N–H and O–H groups in total. The van der Waals surface area contributed by atoms with Gasteiger partial charge in [0.1, 0.15) is 19.8 Å². The number of aliphatic hydroxyl groups is 1. The Balaban J connectivity index is 1.94. The normalized spacial score (nSPS) is 14.4. The van der Waals surface area contributed by atoms with E-state index in [0.29, 0.717) is 26.2 Å². The highest BCUT2D eigenvalue weighted by Crippen LogP contribution is 1.98. The summed E-state index contributed by atoms with van der Waals surface area (Å²) in [6.07, 6.45) is 0.709.